The zero-order valence-corrected chi connectivity index (χ0v) is 14.1. The molecule has 2 rings (SSSR count). The highest BCUT2D eigenvalue weighted by atomic mass is 127. The quantitative estimate of drug-likeness (QED) is 0.473. The highest BCUT2D eigenvalue weighted by Crippen LogP contribution is 2.25. The molecule has 0 aliphatic carbocycles. The van der Waals surface area contributed by atoms with Gasteiger partial charge in [0.2, 0.25) is 0 Å². The number of carbonyl (C=O) groups excluding carboxylic acids is 1. The Hall–Kier alpha value is -1.41. The first-order valence-corrected chi connectivity index (χ1v) is 8.89. The summed E-state index contributed by atoms with van der Waals surface area (Å²) in [5.41, 5.74) is 1.20. The lowest BCUT2D eigenvalue weighted by Gasteiger charge is -2.11. The van der Waals surface area contributed by atoms with E-state index in [-0.39, 0.29) is 16.2 Å². The number of hydrogen-bond donors (Lipinski definition) is 1. The van der Waals surface area contributed by atoms with Crippen molar-refractivity contribution < 1.29 is 18.3 Å². The number of rotatable bonds is 4. The van der Waals surface area contributed by atoms with E-state index in [1.54, 1.807) is 34.7 Å². The summed E-state index contributed by atoms with van der Waals surface area (Å²) < 4.78 is 23.7. The van der Waals surface area contributed by atoms with Crippen LogP contribution in [0.2, 0.25) is 0 Å². The molecule has 21 heavy (non-hydrogen) atoms. The first-order valence-electron chi connectivity index (χ1n) is 6.10. The Morgan fingerprint density at radius 2 is 1.57 bits per heavy atom. The molecule has 0 aliphatic heterocycles. The molecule has 0 spiro atoms. The summed E-state index contributed by atoms with van der Waals surface area (Å²) in [6.07, 6.45) is 0. The summed E-state index contributed by atoms with van der Waals surface area (Å²) in [5.74, 6) is -0.478. The molecule has 0 amide bonds. The van der Waals surface area contributed by atoms with Crippen molar-refractivity contribution in [3.8, 4) is 5.75 Å². The van der Waals surface area contributed by atoms with Gasteiger partial charge < -0.3 is 5.11 Å². The smallest absolute Gasteiger partial charge is 0.197 e. The van der Waals surface area contributed by atoms with Crippen molar-refractivity contribution in [2.75, 3.05) is 0 Å². The van der Waals surface area contributed by atoms with Gasteiger partial charge in [0.05, 0.1) is 4.90 Å². The molecular weight excluding hydrogens is 403 g/mol. The summed E-state index contributed by atoms with van der Waals surface area (Å²) in [4.78, 5) is 12.4. The summed E-state index contributed by atoms with van der Waals surface area (Å²) >= 11 is 1.63. The lowest BCUT2D eigenvalue weighted by atomic mass is 10.1. The van der Waals surface area contributed by atoms with Gasteiger partial charge in [0.15, 0.2) is 18.9 Å². The number of aryl methyl sites for hydroxylation is 1. The zero-order chi connectivity index (χ0) is 15.6. The van der Waals surface area contributed by atoms with Gasteiger partial charge in [-0.15, -0.1) is 0 Å². The van der Waals surface area contributed by atoms with E-state index in [4.69, 9.17) is 0 Å². The lowest BCUT2D eigenvalue weighted by Crippen LogP contribution is -2.24. The van der Waals surface area contributed by atoms with Crippen molar-refractivity contribution in [2.45, 2.75) is 15.1 Å². The Labute approximate surface area is 136 Å². The number of carbonyl (C=O) groups is 1. The minimum Gasteiger partial charge on any atom is -0.508 e. The highest BCUT2D eigenvalue weighted by molar-refractivity contribution is 14.1. The van der Waals surface area contributed by atoms with Crippen LogP contribution in [-0.2, 0) is 9.84 Å². The van der Waals surface area contributed by atoms with Gasteiger partial charge in [0.1, 0.15) is 5.75 Å². The van der Waals surface area contributed by atoms with E-state index in [1.165, 1.54) is 36.4 Å². The van der Waals surface area contributed by atoms with E-state index < -0.39 is 18.9 Å². The molecule has 1 N–H and O–H groups in total. The van der Waals surface area contributed by atoms with E-state index in [9.17, 15) is 18.3 Å². The summed E-state index contributed by atoms with van der Waals surface area (Å²) in [6, 6.07) is 11.9. The fourth-order valence-corrected chi connectivity index (χ4v) is 4.16. The molecule has 0 aromatic heterocycles. The van der Waals surface area contributed by atoms with Gasteiger partial charge in [-0.3, -0.25) is 4.79 Å². The van der Waals surface area contributed by atoms with Gasteiger partial charge in [-0.2, -0.15) is 0 Å². The molecule has 2 aromatic carbocycles. The first kappa shape index (κ1) is 16.0. The second-order valence-corrected chi connectivity index (χ2v) is 8.71. The molecule has 110 valence electrons. The molecule has 1 unspecified atom stereocenters. The van der Waals surface area contributed by atoms with Crippen LogP contribution in [0.25, 0.3) is 0 Å². The molecule has 6 heteroatoms. The summed E-state index contributed by atoms with van der Waals surface area (Å²) in [7, 11) is -3.74. The number of phenols is 1. The van der Waals surface area contributed by atoms with Crippen molar-refractivity contribution in [3.63, 3.8) is 0 Å². The van der Waals surface area contributed by atoms with Crippen LogP contribution >= 0.6 is 22.6 Å². The maximum atomic E-state index is 12.4. The molecule has 0 saturated carbocycles. The number of phenolic OH excluding ortho intramolecular Hbond substituents is 1. The molecule has 0 fully saturated rings. The van der Waals surface area contributed by atoms with Crippen LogP contribution in [0.15, 0.2) is 53.4 Å². The largest absolute Gasteiger partial charge is 0.508 e. The molecule has 0 bridgehead atoms. The number of benzene rings is 2. The third-order valence-corrected chi connectivity index (χ3v) is 7.24. The van der Waals surface area contributed by atoms with E-state index >= 15 is 0 Å². The summed E-state index contributed by atoms with van der Waals surface area (Å²) in [5, 5.41) is 9.21. The number of halogens is 1. The fourth-order valence-electron chi connectivity index (χ4n) is 1.75. The molecule has 2 aromatic rings. The zero-order valence-electron chi connectivity index (χ0n) is 11.2. The fraction of sp³-hybridized carbons (Fsp3) is 0.133. The van der Waals surface area contributed by atoms with Gasteiger partial charge in [0.25, 0.3) is 0 Å². The first-order chi connectivity index (χ1) is 9.82. The molecule has 0 heterocycles. The van der Waals surface area contributed by atoms with Crippen LogP contribution in [0.5, 0.6) is 5.75 Å². The van der Waals surface area contributed by atoms with E-state index in [0.717, 1.165) is 5.56 Å². The van der Waals surface area contributed by atoms with Crippen molar-refractivity contribution in [2.24, 2.45) is 0 Å². The standard InChI is InChI=1S/C15H13IO4S/c1-10-2-8-13(9-3-10)21(19,20)15(16)14(18)11-4-6-12(17)7-5-11/h2-9,15,17H,1H3. The van der Waals surface area contributed by atoms with Crippen molar-refractivity contribution in [1.29, 1.82) is 0 Å². The number of Topliss-reactive ketones (excluding diaryl/α,β-unsaturated/α-hetero) is 1. The number of aromatic hydroxyl groups is 1. The number of ketones is 1. The van der Waals surface area contributed by atoms with Crippen LogP contribution in [0, 0.1) is 6.92 Å². The van der Waals surface area contributed by atoms with Crippen molar-refractivity contribution in [1.82, 2.24) is 0 Å². The van der Waals surface area contributed by atoms with E-state index in [1.807, 2.05) is 6.92 Å². The van der Waals surface area contributed by atoms with Crippen molar-refractivity contribution in [3.05, 3.63) is 59.7 Å². The van der Waals surface area contributed by atoms with Crippen LogP contribution in [-0.4, -0.2) is 22.6 Å². The van der Waals surface area contributed by atoms with Gasteiger partial charge in [-0.1, -0.05) is 40.3 Å². The Balaban J connectivity index is 2.33. The van der Waals surface area contributed by atoms with Crippen LogP contribution in [0.3, 0.4) is 0 Å². The molecule has 0 radical (unpaired) electrons. The third kappa shape index (κ3) is 3.44. The maximum absolute atomic E-state index is 12.4. The van der Waals surface area contributed by atoms with Gasteiger partial charge in [-0.25, -0.2) is 8.42 Å². The second kappa shape index (κ2) is 6.15. The molecular formula is C15H13IO4S. The normalized spacial score (nSPS) is 12.9. The Kier molecular flexibility index (Phi) is 4.67. The third-order valence-electron chi connectivity index (χ3n) is 2.98. The molecule has 0 saturated heterocycles. The topological polar surface area (TPSA) is 71.4 Å². The Bertz CT molecular complexity index is 749. The van der Waals surface area contributed by atoms with Gasteiger partial charge in [0, 0.05) is 5.56 Å². The van der Waals surface area contributed by atoms with Crippen molar-refractivity contribution >= 4 is 38.2 Å². The highest BCUT2D eigenvalue weighted by Gasteiger charge is 2.32. The Morgan fingerprint density at radius 1 is 1.05 bits per heavy atom. The van der Waals surface area contributed by atoms with Crippen LogP contribution in [0.1, 0.15) is 15.9 Å². The van der Waals surface area contributed by atoms with E-state index in [2.05, 4.69) is 0 Å². The average molecular weight is 416 g/mol. The lowest BCUT2D eigenvalue weighted by molar-refractivity contribution is 0.101. The van der Waals surface area contributed by atoms with Crippen LogP contribution < -0.4 is 0 Å². The number of alkyl halides is 1. The predicted octanol–water partition coefficient (Wildman–Crippen LogP) is 3.12. The van der Waals surface area contributed by atoms with Gasteiger partial charge in [-0.05, 0) is 43.3 Å². The second-order valence-electron chi connectivity index (χ2n) is 4.59. The average Bonchev–Trinajstić information content (AvgIpc) is 2.47. The van der Waals surface area contributed by atoms with Gasteiger partial charge >= 0.3 is 0 Å². The minimum atomic E-state index is -3.74. The molecule has 4 nitrogen and oxygen atoms in total. The van der Waals surface area contributed by atoms with E-state index in [0.29, 0.717) is 0 Å². The SMILES string of the molecule is Cc1ccc(S(=O)(=O)C(I)C(=O)c2ccc(O)cc2)cc1. The molecule has 1 atom stereocenters. The Morgan fingerprint density at radius 3 is 2.10 bits per heavy atom. The molecule has 0 aliphatic rings. The predicted molar refractivity (Wildman–Crippen MR) is 88.6 cm³/mol. The number of sulfone groups is 1. The minimum absolute atomic E-state index is 0.0259. The number of hydrogen-bond acceptors (Lipinski definition) is 4. The van der Waals surface area contributed by atoms with Crippen LogP contribution in [0.4, 0.5) is 0 Å². The summed E-state index contributed by atoms with van der Waals surface area (Å²) in [6.45, 7) is 1.86. The monoisotopic (exact) mass is 416 g/mol. The maximum Gasteiger partial charge on any atom is 0.197 e.